The maximum absolute atomic E-state index is 11.8. The minimum absolute atomic E-state index is 0.0328. The molecule has 0 aromatic heterocycles. The molecular formula is C18H34N2O2. The molecule has 4 nitrogen and oxygen atoms in total. The summed E-state index contributed by atoms with van der Waals surface area (Å²) in [4.78, 5) is 14.3. The zero-order valence-electron chi connectivity index (χ0n) is 14.6. The summed E-state index contributed by atoms with van der Waals surface area (Å²) in [6, 6.07) is 1.76. The summed E-state index contributed by atoms with van der Waals surface area (Å²) in [7, 11) is 0. The van der Waals surface area contributed by atoms with E-state index in [0.29, 0.717) is 37.1 Å². The number of rotatable bonds is 6. The number of nitrogens with one attached hydrogen (secondary N) is 1. The van der Waals surface area contributed by atoms with Gasteiger partial charge in [0, 0.05) is 37.6 Å². The van der Waals surface area contributed by atoms with Crippen molar-refractivity contribution in [2.75, 3.05) is 19.7 Å². The molecule has 1 saturated heterocycles. The van der Waals surface area contributed by atoms with Crippen LogP contribution in [-0.2, 0) is 9.53 Å². The Kier molecular flexibility index (Phi) is 7.16. The van der Waals surface area contributed by atoms with Gasteiger partial charge in [0.15, 0.2) is 0 Å². The molecule has 0 amide bonds. The molecule has 4 heteroatoms. The van der Waals surface area contributed by atoms with Crippen LogP contribution in [0.15, 0.2) is 0 Å². The van der Waals surface area contributed by atoms with Gasteiger partial charge in [0.1, 0.15) is 0 Å². The minimum atomic E-state index is -0.0328. The first-order valence-electron chi connectivity index (χ1n) is 9.24. The predicted octanol–water partition coefficient (Wildman–Crippen LogP) is 2.96. The van der Waals surface area contributed by atoms with Crippen molar-refractivity contribution in [3.05, 3.63) is 0 Å². The van der Waals surface area contributed by atoms with Gasteiger partial charge >= 0.3 is 5.97 Å². The highest BCUT2D eigenvalue weighted by molar-refractivity contribution is 5.69. The van der Waals surface area contributed by atoms with Gasteiger partial charge < -0.3 is 10.1 Å². The highest BCUT2D eigenvalue weighted by Crippen LogP contribution is 2.25. The van der Waals surface area contributed by atoms with Crippen molar-refractivity contribution in [3.8, 4) is 0 Å². The first-order chi connectivity index (χ1) is 10.6. The summed E-state index contributed by atoms with van der Waals surface area (Å²) in [5.41, 5.74) is 0. The van der Waals surface area contributed by atoms with Crippen molar-refractivity contribution < 1.29 is 9.53 Å². The van der Waals surface area contributed by atoms with E-state index in [9.17, 15) is 4.79 Å². The zero-order chi connectivity index (χ0) is 15.9. The van der Waals surface area contributed by atoms with E-state index in [1.54, 1.807) is 0 Å². The largest absolute Gasteiger partial charge is 0.466 e. The lowest BCUT2D eigenvalue weighted by Gasteiger charge is -2.41. The molecule has 2 rings (SSSR count). The highest BCUT2D eigenvalue weighted by Gasteiger charge is 2.31. The Labute approximate surface area is 136 Å². The molecule has 128 valence electrons. The van der Waals surface area contributed by atoms with Crippen molar-refractivity contribution in [2.45, 2.75) is 83.8 Å². The normalized spacial score (nSPS) is 28.0. The maximum atomic E-state index is 11.8. The highest BCUT2D eigenvalue weighted by atomic mass is 16.5. The predicted molar refractivity (Wildman–Crippen MR) is 89.9 cm³/mol. The van der Waals surface area contributed by atoms with Gasteiger partial charge in [-0.05, 0) is 46.0 Å². The topological polar surface area (TPSA) is 41.6 Å². The molecule has 0 spiro atoms. The van der Waals surface area contributed by atoms with Crippen LogP contribution in [0.5, 0.6) is 0 Å². The number of carbonyl (C=O) groups excluding carboxylic acids is 1. The van der Waals surface area contributed by atoms with Crippen LogP contribution in [0.1, 0.15) is 65.7 Å². The lowest BCUT2D eigenvalue weighted by Crippen LogP contribution is -2.54. The monoisotopic (exact) mass is 310 g/mol. The second kappa shape index (κ2) is 8.88. The second-order valence-corrected chi connectivity index (χ2v) is 7.36. The molecule has 1 aliphatic carbocycles. The molecule has 1 N–H and O–H groups in total. The summed E-state index contributed by atoms with van der Waals surface area (Å²) >= 11 is 0. The standard InChI is InChI=1S/C18H34N2O2/c1-4-22-18(21)11-15-10-17(13-20(12-15)14(2)3)19-16-8-6-5-7-9-16/h14-17,19H,4-13H2,1-3H3. The SMILES string of the molecule is CCOC(=O)CC1CC(NC2CCCCC2)CN(C(C)C)C1. The van der Waals surface area contributed by atoms with Gasteiger partial charge in [-0.3, -0.25) is 9.69 Å². The average molecular weight is 310 g/mol. The first kappa shape index (κ1) is 17.7. The Balaban J connectivity index is 1.89. The third-order valence-corrected chi connectivity index (χ3v) is 5.13. The van der Waals surface area contributed by atoms with E-state index >= 15 is 0 Å². The fourth-order valence-electron chi connectivity index (χ4n) is 3.99. The van der Waals surface area contributed by atoms with Gasteiger partial charge in [-0.25, -0.2) is 0 Å². The van der Waals surface area contributed by atoms with Crippen LogP contribution < -0.4 is 5.32 Å². The average Bonchev–Trinajstić information content (AvgIpc) is 2.48. The summed E-state index contributed by atoms with van der Waals surface area (Å²) in [6.45, 7) is 9.03. The molecule has 2 unspecified atom stereocenters. The second-order valence-electron chi connectivity index (χ2n) is 7.36. The molecule has 0 aromatic carbocycles. The maximum Gasteiger partial charge on any atom is 0.306 e. The molecule has 0 aromatic rings. The Hall–Kier alpha value is -0.610. The molecule has 0 bridgehead atoms. The smallest absolute Gasteiger partial charge is 0.306 e. The Morgan fingerprint density at radius 1 is 1.18 bits per heavy atom. The van der Waals surface area contributed by atoms with E-state index in [0.717, 1.165) is 19.5 Å². The van der Waals surface area contributed by atoms with Crippen molar-refractivity contribution in [1.29, 1.82) is 0 Å². The number of piperidine rings is 1. The van der Waals surface area contributed by atoms with E-state index in [4.69, 9.17) is 4.74 Å². The van der Waals surface area contributed by atoms with E-state index in [2.05, 4.69) is 24.1 Å². The quantitative estimate of drug-likeness (QED) is 0.766. The van der Waals surface area contributed by atoms with Gasteiger partial charge in [-0.2, -0.15) is 0 Å². The van der Waals surface area contributed by atoms with Crippen molar-refractivity contribution in [2.24, 2.45) is 5.92 Å². The van der Waals surface area contributed by atoms with Gasteiger partial charge in [-0.15, -0.1) is 0 Å². The number of nitrogens with zero attached hydrogens (tertiary/aromatic N) is 1. The van der Waals surface area contributed by atoms with Gasteiger partial charge in [0.05, 0.1) is 6.61 Å². The fourth-order valence-corrected chi connectivity index (χ4v) is 3.99. The third kappa shape index (κ3) is 5.54. The minimum Gasteiger partial charge on any atom is -0.466 e. The van der Waals surface area contributed by atoms with Crippen LogP contribution in [0.2, 0.25) is 0 Å². The number of ether oxygens (including phenoxy) is 1. The Morgan fingerprint density at radius 3 is 2.55 bits per heavy atom. The van der Waals surface area contributed by atoms with E-state index in [1.165, 1.54) is 32.1 Å². The van der Waals surface area contributed by atoms with Crippen LogP contribution in [0.25, 0.3) is 0 Å². The summed E-state index contributed by atoms with van der Waals surface area (Å²) in [5.74, 6) is 0.394. The molecule has 2 atom stereocenters. The molecule has 22 heavy (non-hydrogen) atoms. The Bertz CT molecular complexity index is 340. The summed E-state index contributed by atoms with van der Waals surface area (Å²) in [6.07, 6.45) is 8.45. The fraction of sp³-hybridized carbons (Fsp3) is 0.944. The van der Waals surface area contributed by atoms with Crippen molar-refractivity contribution in [3.63, 3.8) is 0 Å². The molecule has 1 saturated carbocycles. The van der Waals surface area contributed by atoms with Crippen LogP contribution in [0.4, 0.5) is 0 Å². The molecular weight excluding hydrogens is 276 g/mol. The van der Waals surface area contributed by atoms with Gasteiger partial charge in [0.2, 0.25) is 0 Å². The summed E-state index contributed by atoms with van der Waals surface area (Å²) < 4.78 is 5.15. The molecule has 1 aliphatic heterocycles. The van der Waals surface area contributed by atoms with Crippen LogP contribution >= 0.6 is 0 Å². The van der Waals surface area contributed by atoms with E-state index in [-0.39, 0.29) is 5.97 Å². The molecule has 0 radical (unpaired) electrons. The number of carbonyl (C=O) groups is 1. The number of esters is 1. The third-order valence-electron chi connectivity index (χ3n) is 5.13. The lowest BCUT2D eigenvalue weighted by atomic mass is 9.88. The number of hydrogen-bond acceptors (Lipinski definition) is 4. The number of hydrogen-bond donors (Lipinski definition) is 1. The van der Waals surface area contributed by atoms with E-state index in [1.807, 2.05) is 6.92 Å². The van der Waals surface area contributed by atoms with Crippen LogP contribution in [0, 0.1) is 5.92 Å². The van der Waals surface area contributed by atoms with Crippen LogP contribution in [0.3, 0.4) is 0 Å². The van der Waals surface area contributed by atoms with Gasteiger partial charge in [0.25, 0.3) is 0 Å². The molecule has 2 aliphatic rings. The van der Waals surface area contributed by atoms with Gasteiger partial charge in [-0.1, -0.05) is 19.3 Å². The molecule has 2 fully saturated rings. The van der Waals surface area contributed by atoms with Crippen LogP contribution in [-0.4, -0.2) is 48.7 Å². The zero-order valence-corrected chi connectivity index (χ0v) is 14.6. The summed E-state index contributed by atoms with van der Waals surface area (Å²) in [5, 5.41) is 3.88. The molecule has 1 heterocycles. The lowest BCUT2D eigenvalue weighted by molar-refractivity contribution is -0.144. The first-order valence-corrected chi connectivity index (χ1v) is 9.24. The number of likely N-dealkylation sites (tertiary alicyclic amines) is 1. The Morgan fingerprint density at radius 2 is 1.91 bits per heavy atom. The van der Waals surface area contributed by atoms with Crippen molar-refractivity contribution >= 4 is 5.97 Å². The van der Waals surface area contributed by atoms with Crippen molar-refractivity contribution in [1.82, 2.24) is 10.2 Å². The van der Waals surface area contributed by atoms with E-state index < -0.39 is 0 Å².